The van der Waals surface area contributed by atoms with E-state index in [0.29, 0.717) is 23.8 Å². The van der Waals surface area contributed by atoms with Crippen LogP contribution in [0.2, 0.25) is 0 Å². The van der Waals surface area contributed by atoms with Crippen LogP contribution in [0, 0.1) is 11.7 Å². The molecule has 1 atom stereocenters. The zero-order valence-corrected chi connectivity index (χ0v) is 17.2. The van der Waals surface area contributed by atoms with E-state index in [2.05, 4.69) is 20.4 Å². The molecule has 2 aromatic heterocycles. The number of hydrogen-bond acceptors (Lipinski definition) is 6. The summed E-state index contributed by atoms with van der Waals surface area (Å²) in [5.41, 5.74) is 1.96. The van der Waals surface area contributed by atoms with Crippen molar-refractivity contribution in [2.24, 2.45) is 13.0 Å². The molecule has 0 radical (unpaired) electrons. The van der Waals surface area contributed by atoms with Gasteiger partial charge in [-0.15, -0.1) is 0 Å². The van der Waals surface area contributed by atoms with Gasteiger partial charge in [-0.1, -0.05) is 0 Å². The van der Waals surface area contributed by atoms with Crippen LogP contribution in [0.15, 0.2) is 53.6 Å². The van der Waals surface area contributed by atoms with Gasteiger partial charge in [-0.25, -0.2) is 19.0 Å². The van der Waals surface area contributed by atoms with Crippen molar-refractivity contribution >= 4 is 11.7 Å². The lowest BCUT2D eigenvalue weighted by molar-refractivity contribution is -0.125. The van der Waals surface area contributed by atoms with E-state index in [0.717, 1.165) is 24.9 Å². The number of carbonyl (C=O) groups is 1. The first-order chi connectivity index (χ1) is 15.0. The minimum absolute atomic E-state index is 0.0449. The summed E-state index contributed by atoms with van der Waals surface area (Å²) in [5, 5.41) is 7.24. The summed E-state index contributed by atoms with van der Waals surface area (Å²) in [6.45, 7) is 1.62. The first-order valence-electron chi connectivity index (χ1n) is 10.1. The van der Waals surface area contributed by atoms with Crippen molar-refractivity contribution in [2.45, 2.75) is 19.4 Å². The maximum absolute atomic E-state index is 13.1. The van der Waals surface area contributed by atoms with Crippen molar-refractivity contribution in [1.82, 2.24) is 25.1 Å². The molecule has 1 aliphatic rings. The fraction of sp³-hybridized carbons (Fsp3) is 0.318. The van der Waals surface area contributed by atoms with E-state index < -0.39 is 0 Å². The molecule has 1 amide bonds. The molecule has 1 unspecified atom stereocenters. The summed E-state index contributed by atoms with van der Waals surface area (Å²) in [5.74, 6) is 0.168. The van der Waals surface area contributed by atoms with Crippen LogP contribution < -0.4 is 15.8 Å². The van der Waals surface area contributed by atoms with Crippen LogP contribution in [0.4, 0.5) is 10.2 Å². The van der Waals surface area contributed by atoms with Crippen LogP contribution in [0.25, 0.3) is 11.3 Å². The molecule has 1 saturated heterocycles. The van der Waals surface area contributed by atoms with E-state index >= 15 is 0 Å². The van der Waals surface area contributed by atoms with Crippen LogP contribution >= 0.6 is 0 Å². The van der Waals surface area contributed by atoms with Gasteiger partial charge in [0.15, 0.2) is 0 Å². The van der Waals surface area contributed by atoms with Crippen LogP contribution in [0.3, 0.4) is 0 Å². The highest BCUT2D eigenvalue weighted by atomic mass is 19.1. The molecule has 0 aliphatic carbocycles. The van der Waals surface area contributed by atoms with Crippen LogP contribution in [-0.4, -0.2) is 38.7 Å². The molecule has 3 aromatic rings. The molecule has 0 spiro atoms. The lowest BCUT2D eigenvalue weighted by Gasteiger charge is -2.32. The number of nitrogens with zero attached hydrogens (tertiary/aromatic N) is 5. The zero-order chi connectivity index (χ0) is 21.8. The highest BCUT2D eigenvalue weighted by Crippen LogP contribution is 2.21. The van der Waals surface area contributed by atoms with E-state index in [4.69, 9.17) is 0 Å². The molecule has 160 valence electrons. The molecular formula is C22H23FN6O2. The monoisotopic (exact) mass is 422 g/mol. The minimum atomic E-state index is -0.306. The topological polar surface area (TPSA) is 93.0 Å². The quantitative estimate of drug-likeness (QED) is 0.675. The molecule has 0 saturated carbocycles. The average Bonchev–Trinajstić information content (AvgIpc) is 2.80. The van der Waals surface area contributed by atoms with Gasteiger partial charge in [-0.2, -0.15) is 5.10 Å². The van der Waals surface area contributed by atoms with E-state index in [-0.39, 0.29) is 29.7 Å². The summed E-state index contributed by atoms with van der Waals surface area (Å²) in [6.07, 6.45) is 3.09. The van der Waals surface area contributed by atoms with Gasteiger partial charge in [0.1, 0.15) is 18.0 Å². The molecule has 9 heteroatoms. The lowest BCUT2D eigenvalue weighted by atomic mass is 9.97. The second-order valence-electron chi connectivity index (χ2n) is 7.56. The second-order valence-corrected chi connectivity index (χ2v) is 7.56. The lowest BCUT2D eigenvalue weighted by Crippen LogP contribution is -2.43. The largest absolute Gasteiger partial charge is 0.354 e. The fourth-order valence-electron chi connectivity index (χ4n) is 3.65. The van der Waals surface area contributed by atoms with Gasteiger partial charge >= 0.3 is 0 Å². The Bertz CT molecular complexity index is 1130. The van der Waals surface area contributed by atoms with Gasteiger partial charge in [-0.3, -0.25) is 9.59 Å². The van der Waals surface area contributed by atoms with E-state index in [1.807, 2.05) is 4.90 Å². The summed E-state index contributed by atoms with van der Waals surface area (Å²) in [7, 11) is 1.61. The normalized spacial score (nSPS) is 16.2. The molecule has 4 rings (SSSR count). The number of aryl methyl sites for hydroxylation is 1. The minimum Gasteiger partial charge on any atom is -0.354 e. The smallest absolute Gasteiger partial charge is 0.266 e. The van der Waals surface area contributed by atoms with Crippen molar-refractivity contribution in [1.29, 1.82) is 0 Å². The molecule has 1 fully saturated rings. The number of hydrogen-bond donors (Lipinski definition) is 1. The third-order valence-electron chi connectivity index (χ3n) is 5.37. The third-order valence-corrected chi connectivity index (χ3v) is 5.37. The Kier molecular flexibility index (Phi) is 6.01. The number of piperidine rings is 1. The van der Waals surface area contributed by atoms with Crippen molar-refractivity contribution in [3.05, 3.63) is 70.7 Å². The second kappa shape index (κ2) is 9.03. The van der Waals surface area contributed by atoms with E-state index in [1.54, 1.807) is 31.3 Å². The SMILES string of the molecule is Cn1nc(N2CCCC(C(=O)NCc3cc(-c4ccc(F)cc4)ncn3)C2)ccc1=O. The van der Waals surface area contributed by atoms with Gasteiger partial charge < -0.3 is 10.2 Å². The Morgan fingerprint density at radius 2 is 2.00 bits per heavy atom. The predicted molar refractivity (Wildman–Crippen MR) is 114 cm³/mol. The van der Waals surface area contributed by atoms with Gasteiger partial charge in [0.25, 0.3) is 5.56 Å². The summed E-state index contributed by atoms with van der Waals surface area (Å²) in [4.78, 5) is 34.8. The number of aromatic nitrogens is 4. The summed E-state index contributed by atoms with van der Waals surface area (Å²) in [6, 6.07) is 11.0. The van der Waals surface area contributed by atoms with Gasteiger partial charge in [0.2, 0.25) is 5.91 Å². The molecule has 31 heavy (non-hydrogen) atoms. The van der Waals surface area contributed by atoms with Crippen LogP contribution in [-0.2, 0) is 18.4 Å². The Labute approximate surface area is 178 Å². The number of anilines is 1. The Morgan fingerprint density at radius 3 is 2.77 bits per heavy atom. The third kappa shape index (κ3) is 4.93. The molecule has 1 aromatic carbocycles. The molecule has 1 N–H and O–H groups in total. The number of nitrogens with one attached hydrogen (secondary N) is 1. The molecular weight excluding hydrogens is 399 g/mol. The van der Waals surface area contributed by atoms with Crippen molar-refractivity contribution < 1.29 is 9.18 Å². The standard InChI is InChI=1S/C22H23FN6O2/c1-28-21(30)9-8-20(27-28)29-10-2-3-16(13-29)22(31)24-12-18-11-19(26-14-25-18)15-4-6-17(23)7-5-15/h4-9,11,14,16H,2-3,10,12-13H2,1H3,(H,24,31). The first-order valence-corrected chi connectivity index (χ1v) is 10.1. The highest BCUT2D eigenvalue weighted by molar-refractivity contribution is 5.79. The van der Waals surface area contributed by atoms with Crippen molar-refractivity contribution in [3.8, 4) is 11.3 Å². The number of rotatable bonds is 5. The van der Waals surface area contributed by atoms with E-state index in [9.17, 15) is 14.0 Å². The summed E-state index contributed by atoms with van der Waals surface area (Å²) < 4.78 is 14.4. The van der Waals surface area contributed by atoms with E-state index in [1.165, 1.54) is 29.2 Å². The van der Waals surface area contributed by atoms with Gasteiger partial charge in [-0.05, 0) is 49.2 Å². The van der Waals surface area contributed by atoms with Crippen molar-refractivity contribution in [3.63, 3.8) is 0 Å². The Morgan fingerprint density at radius 1 is 1.19 bits per heavy atom. The number of benzene rings is 1. The Balaban J connectivity index is 1.38. The molecule has 0 bridgehead atoms. The molecule has 8 nitrogen and oxygen atoms in total. The maximum Gasteiger partial charge on any atom is 0.266 e. The fourth-order valence-corrected chi connectivity index (χ4v) is 3.65. The predicted octanol–water partition coefficient (Wildman–Crippen LogP) is 1.91. The van der Waals surface area contributed by atoms with Crippen LogP contribution in [0.1, 0.15) is 18.5 Å². The molecule has 3 heterocycles. The van der Waals surface area contributed by atoms with Crippen LogP contribution in [0.5, 0.6) is 0 Å². The molecule has 1 aliphatic heterocycles. The first kappa shape index (κ1) is 20.6. The summed E-state index contributed by atoms with van der Waals surface area (Å²) >= 11 is 0. The van der Waals surface area contributed by atoms with Gasteiger partial charge in [0, 0.05) is 31.8 Å². The maximum atomic E-state index is 13.1. The van der Waals surface area contributed by atoms with Crippen molar-refractivity contribution in [2.75, 3.05) is 18.0 Å². The highest BCUT2D eigenvalue weighted by Gasteiger charge is 2.26. The number of halogens is 1. The average molecular weight is 422 g/mol. The number of carbonyl (C=O) groups excluding carboxylic acids is 1. The number of amides is 1. The zero-order valence-electron chi connectivity index (χ0n) is 17.2. The Hall–Kier alpha value is -3.62. The van der Waals surface area contributed by atoms with Gasteiger partial charge in [0.05, 0.1) is 23.9 Å².